The number of carboxylic acids is 1. The predicted molar refractivity (Wildman–Crippen MR) is 134 cm³/mol. The number of benzene rings is 1. The van der Waals surface area contributed by atoms with E-state index in [0.717, 1.165) is 44.0 Å². The molecule has 0 fully saturated rings. The van der Waals surface area contributed by atoms with Crippen molar-refractivity contribution in [2.45, 2.75) is 63.5 Å². The molecule has 1 aromatic rings. The number of nitrogens with zero attached hydrogens (tertiary/aromatic N) is 2. The summed E-state index contributed by atoms with van der Waals surface area (Å²) in [6, 6.07) is 1.88. The lowest BCUT2D eigenvalue weighted by Crippen LogP contribution is -2.49. The topological polar surface area (TPSA) is 171 Å². The molecule has 0 spiro atoms. The fraction of sp³-hybridized carbons (Fsp3) is 0.565. The third kappa shape index (κ3) is 7.40. The van der Waals surface area contributed by atoms with Crippen LogP contribution < -0.4 is 20.7 Å². The van der Waals surface area contributed by atoms with E-state index >= 15 is 0 Å². The van der Waals surface area contributed by atoms with Gasteiger partial charge in [0.15, 0.2) is 5.96 Å². The molecule has 198 valence electrons. The highest BCUT2D eigenvalue weighted by Gasteiger charge is 2.30. The Morgan fingerprint density at radius 1 is 1.22 bits per heavy atom. The third-order valence-corrected chi connectivity index (χ3v) is 7.63. The van der Waals surface area contributed by atoms with Crippen molar-refractivity contribution in [1.82, 2.24) is 20.7 Å². The summed E-state index contributed by atoms with van der Waals surface area (Å²) in [6.45, 7) is 7.13. The second-order valence-electron chi connectivity index (χ2n) is 9.00. The summed E-state index contributed by atoms with van der Waals surface area (Å²) < 4.78 is 28.0. The quantitative estimate of drug-likeness (QED) is 0.244. The fourth-order valence-corrected chi connectivity index (χ4v) is 5.89. The van der Waals surface area contributed by atoms with Crippen molar-refractivity contribution in [3.63, 3.8) is 0 Å². The number of aliphatic carboxylic acids is 1. The van der Waals surface area contributed by atoms with Crippen LogP contribution in [-0.2, 0) is 24.4 Å². The molecule has 0 saturated heterocycles. The summed E-state index contributed by atoms with van der Waals surface area (Å²) in [5.41, 5.74) is 2.07. The predicted octanol–water partition coefficient (Wildman–Crippen LogP) is 0.324. The first kappa shape index (κ1) is 27.4. The number of sulfonamides is 1. The zero-order valence-corrected chi connectivity index (χ0v) is 21.6. The Balaban J connectivity index is 1.45. The normalized spacial score (nSPS) is 18.0. The number of guanidine groups is 1. The van der Waals surface area contributed by atoms with Gasteiger partial charge in [0.1, 0.15) is 17.9 Å². The number of hydrogen-bond acceptors (Lipinski definition) is 9. The molecule has 0 aromatic heterocycles. The van der Waals surface area contributed by atoms with Crippen LogP contribution in [0.2, 0.25) is 0 Å². The van der Waals surface area contributed by atoms with Gasteiger partial charge in [-0.2, -0.15) is 4.72 Å². The number of oxime groups is 1. The molecular formula is C23H34N6O6S. The van der Waals surface area contributed by atoms with Gasteiger partial charge in [0.2, 0.25) is 10.0 Å². The van der Waals surface area contributed by atoms with Crippen LogP contribution in [0.4, 0.5) is 0 Å². The van der Waals surface area contributed by atoms with Crippen LogP contribution in [0.1, 0.15) is 42.4 Å². The average molecular weight is 523 g/mol. The Morgan fingerprint density at radius 2 is 1.94 bits per heavy atom. The van der Waals surface area contributed by atoms with E-state index in [1.807, 2.05) is 6.92 Å². The number of nitrogens with one attached hydrogen (secondary N) is 4. The van der Waals surface area contributed by atoms with Gasteiger partial charge < -0.3 is 25.9 Å². The molecular weight excluding hydrogens is 488 g/mol. The van der Waals surface area contributed by atoms with Gasteiger partial charge in [-0.1, -0.05) is 22.9 Å². The fourth-order valence-electron chi connectivity index (χ4n) is 4.25. The van der Waals surface area contributed by atoms with Crippen molar-refractivity contribution in [3.8, 4) is 0 Å². The Morgan fingerprint density at radius 3 is 2.58 bits per heavy atom. The number of aliphatic imine (C=N–C) groups is 1. The first-order valence-electron chi connectivity index (χ1n) is 11.9. The van der Waals surface area contributed by atoms with Gasteiger partial charge in [0.05, 0.1) is 11.4 Å². The van der Waals surface area contributed by atoms with Crippen LogP contribution >= 0.6 is 0 Å². The summed E-state index contributed by atoms with van der Waals surface area (Å²) >= 11 is 0. The summed E-state index contributed by atoms with van der Waals surface area (Å²) in [6.07, 6.45) is 2.57. The number of aryl methyl sites for hydroxylation is 3. The Kier molecular flexibility index (Phi) is 9.26. The van der Waals surface area contributed by atoms with E-state index in [4.69, 9.17) is 4.84 Å². The second kappa shape index (κ2) is 12.2. The van der Waals surface area contributed by atoms with Crippen LogP contribution in [-0.4, -0.2) is 75.4 Å². The number of rotatable bonds is 12. The molecule has 2 aliphatic rings. The maximum Gasteiger partial charge on any atom is 0.323 e. The maximum atomic E-state index is 12.9. The molecule has 2 heterocycles. The van der Waals surface area contributed by atoms with E-state index in [2.05, 4.69) is 30.8 Å². The van der Waals surface area contributed by atoms with Crippen molar-refractivity contribution in [2.24, 2.45) is 10.1 Å². The standard InChI is InChI=1S/C23H34N6O6S/c1-14-10-15(2)20(16(3)11-14)36(33,34)29-19(22(31)32)13-27-21(30)18-12-17(35-28-18)6-4-5-7-24-23-25-8-9-26-23/h10-11,17,19,29H,4-9,12-13H2,1-3H3,(H,27,30)(H,31,32)(H2,24,25,26)/t17?,19-/m0/s1. The van der Waals surface area contributed by atoms with E-state index in [1.54, 1.807) is 26.0 Å². The Bertz CT molecular complexity index is 1130. The lowest BCUT2D eigenvalue weighted by molar-refractivity contribution is -0.138. The van der Waals surface area contributed by atoms with Crippen molar-refractivity contribution in [2.75, 3.05) is 26.2 Å². The van der Waals surface area contributed by atoms with Crippen molar-refractivity contribution in [1.29, 1.82) is 0 Å². The SMILES string of the molecule is Cc1cc(C)c(S(=O)(=O)N[C@@H](CNC(=O)C2=NOC(CCCCNC3=NCCN3)C2)C(=O)O)c(C)c1. The van der Waals surface area contributed by atoms with Gasteiger partial charge in [-0.3, -0.25) is 14.6 Å². The average Bonchev–Trinajstić information content (AvgIpc) is 3.47. The second-order valence-corrected chi connectivity index (χ2v) is 10.6. The lowest BCUT2D eigenvalue weighted by Gasteiger charge is -2.18. The maximum absolute atomic E-state index is 12.9. The van der Waals surface area contributed by atoms with Crippen LogP contribution in [0.25, 0.3) is 0 Å². The minimum absolute atomic E-state index is 0.0322. The molecule has 2 aliphatic heterocycles. The largest absolute Gasteiger partial charge is 0.480 e. The summed E-state index contributed by atoms with van der Waals surface area (Å²) in [5.74, 6) is -1.17. The van der Waals surface area contributed by atoms with Gasteiger partial charge in [-0.05, 0) is 51.2 Å². The monoisotopic (exact) mass is 522 g/mol. The molecule has 1 amide bonds. The first-order chi connectivity index (χ1) is 17.1. The summed E-state index contributed by atoms with van der Waals surface area (Å²) in [7, 11) is -4.13. The molecule has 36 heavy (non-hydrogen) atoms. The minimum Gasteiger partial charge on any atom is -0.480 e. The minimum atomic E-state index is -4.13. The van der Waals surface area contributed by atoms with Gasteiger partial charge >= 0.3 is 5.97 Å². The van der Waals surface area contributed by atoms with E-state index in [-0.39, 0.29) is 16.7 Å². The zero-order chi connectivity index (χ0) is 26.3. The highest BCUT2D eigenvalue weighted by atomic mass is 32.2. The number of carboxylic acid groups (broad SMARTS) is 1. The number of hydrogen-bond donors (Lipinski definition) is 5. The number of carbonyl (C=O) groups excluding carboxylic acids is 1. The van der Waals surface area contributed by atoms with E-state index in [9.17, 15) is 23.1 Å². The molecule has 12 nitrogen and oxygen atoms in total. The van der Waals surface area contributed by atoms with Crippen LogP contribution in [0, 0.1) is 20.8 Å². The highest BCUT2D eigenvalue weighted by molar-refractivity contribution is 7.89. The molecule has 0 radical (unpaired) electrons. The molecule has 0 bridgehead atoms. The number of unbranched alkanes of at least 4 members (excludes halogenated alkanes) is 1. The third-order valence-electron chi connectivity index (χ3n) is 5.85. The molecule has 13 heteroatoms. The molecule has 1 unspecified atom stereocenters. The van der Waals surface area contributed by atoms with Crippen LogP contribution in [0.3, 0.4) is 0 Å². The number of carbonyl (C=O) groups is 2. The van der Waals surface area contributed by atoms with Crippen LogP contribution in [0.5, 0.6) is 0 Å². The summed E-state index contributed by atoms with van der Waals surface area (Å²) in [5, 5.41) is 22.2. The van der Waals surface area contributed by atoms with Gasteiger partial charge in [-0.15, -0.1) is 0 Å². The molecule has 0 aliphatic carbocycles. The molecule has 2 atom stereocenters. The van der Waals surface area contributed by atoms with Gasteiger partial charge in [-0.25, -0.2) is 8.42 Å². The van der Waals surface area contributed by atoms with Crippen molar-refractivity contribution >= 4 is 33.6 Å². The first-order valence-corrected chi connectivity index (χ1v) is 13.4. The lowest BCUT2D eigenvalue weighted by atomic mass is 10.1. The van der Waals surface area contributed by atoms with Crippen molar-refractivity contribution < 1.29 is 28.0 Å². The van der Waals surface area contributed by atoms with E-state index in [0.29, 0.717) is 24.0 Å². The van der Waals surface area contributed by atoms with Gasteiger partial charge in [0, 0.05) is 26.1 Å². The highest BCUT2D eigenvalue weighted by Crippen LogP contribution is 2.22. The molecule has 0 saturated carbocycles. The van der Waals surface area contributed by atoms with E-state index < -0.39 is 34.5 Å². The number of amides is 1. The molecule has 5 N–H and O–H groups in total. The Hall–Kier alpha value is -3.19. The smallest absolute Gasteiger partial charge is 0.323 e. The Labute approximate surface area is 211 Å². The van der Waals surface area contributed by atoms with Crippen LogP contribution in [0.15, 0.2) is 27.2 Å². The van der Waals surface area contributed by atoms with E-state index in [1.165, 1.54) is 0 Å². The van der Waals surface area contributed by atoms with Gasteiger partial charge in [0.25, 0.3) is 5.91 Å². The summed E-state index contributed by atoms with van der Waals surface area (Å²) in [4.78, 5) is 33.9. The molecule has 1 aromatic carbocycles. The zero-order valence-electron chi connectivity index (χ0n) is 20.8. The van der Waals surface area contributed by atoms with Crippen molar-refractivity contribution in [3.05, 3.63) is 28.8 Å². The molecule has 3 rings (SSSR count).